The van der Waals surface area contributed by atoms with Crippen molar-refractivity contribution >= 4 is 32.2 Å². The predicted molar refractivity (Wildman–Crippen MR) is 105 cm³/mol. The Kier molecular flexibility index (Phi) is 4.93. The van der Waals surface area contributed by atoms with Gasteiger partial charge in [0, 0.05) is 22.8 Å². The average Bonchev–Trinajstić information content (AvgIpc) is 3.05. The van der Waals surface area contributed by atoms with Crippen molar-refractivity contribution in [1.29, 1.82) is 0 Å². The number of amides is 1. The number of nitrogens with one attached hydrogen (secondary N) is 1. The quantitative estimate of drug-likeness (QED) is 0.733. The number of rotatable bonds is 4. The smallest absolute Gasteiger partial charge is 0.257 e. The zero-order chi connectivity index (χ0) is 18.9. The molecule has 0 aliphatic rings. The number of sulfone groups is 1. The van der Waals surface area contributed by atoms with Crippen molar-refractivity contribution in [2.45, 2.75) is 18.7 Å². The minimum Gasteiger partial charge on any atom is -0.298 e. The van der Waals surface area contributed by atoms with Gasteiger partial charge in [0.2, 0.25) is 0 Å². The first-order valence-corrected chi connectivity index (χ1v) is 10.7. The number of hydrogen-bond donors (Lipinski definition) is 1. The van der Waals surface area contributed by atoms with Crippen molar-refractivity contribution in [3.05, 3.63) is 64.5 Å². The highest BCUT2D eigenvalue weighted by molar-refractivity contribution is 7.90. The third-order valence-corrected chi connectivity index (χ3v) is 5.83. The Morgan fingerprint density at radius 1 is 1.08 bits per heavy atom. The lowest BCUT2D eigenvalue weighted by molar-refractivity contribution is 0.102. The molecule has 2 aromatic carbocycles. The van der Waals surface area contributed by atoms with Crippen LogP contribution in [-0.4, -0.2) is 25.6 Å². The summed E-state index contributed by atoms with van der Waals surface area (Å²) in [5.74, 6) is -0.195. The van der Waals surface area contributed by atoms with Gasteiger partial charge in [0.15, 0.2) is 15.0 Å². The lowest BCUT2D eigenvalue weighted by atomic mass is 10.1. The predicted octanol–water partition coefficient (Wildman–Crippen LogP) is 4.08. The summed E-state index contributed by atoms with van der Waals surface area (Å²) in [6.45, 7) is 3.84. The highest BCUT2D eigenvalue weighted by atomic mass is 32.2. The zero-order valence-corrected chi connectivity index (χ0v) is 16.2. The molecular weight excluding hydrogens is 368 g/mol. The molecule has 0 spiro atoms. The number of aryl methyl sites for hydroxylation is 2. The molecule has 0 fully saturated rings. The van der Waals surface area contributed by atoms with Gasteiger partial charge in [-0.2, -0.15) is 0 Å². The maximum absolute atomic E-state index is 12.5. The second-order valence-electron chi connectivity index (χ2n) is 6.11. The molecule has 1 N–H and O–H groups in total. The number of nitrogens with zero attached hydrogens (tertiary/aromatic N) is 1. The van der Waals surface area contributed by atoms with Crippen molar-refractivity contribution in [2.24, 2.45) is 0 Å². The van der Waals surface area contributed by atoms with Crippen LogP contribution in [0.3, 0.4) is 0 Å². The molecule has 1 heterocycles. The Balaban J connectivity index is 1.80. The number of aromatic nitrogens is 1. The van der Waals surface area contributed by atoms with Crippen molar-refractivity contribution in [3.8, 4) is 11.3 Å². The van der Waals surface area contributed by atoms with E-state index in [4.69, 9.17) is 0 Å². The van der Waals surface area contributed by atoms with Gasteiger partial charge in [0.1, 0.15) is 0 Å². The molecule has 7 heteroatoms. The van der Waals surface area contributed by atoms with Gasteiger partial charge in [0.25, 0.3) is 5.91 Å². The Hall–Kier alpha value is -2.51. The number of benzene rings is 2. The van der Waals surface area contributed by atoms with Crippen molar-refractivity contribution in [1.82, 2.24) is 4.98 Å². The third-order valence-electron chi connectivity index (χ3n) is 3.94. The second kappa shape index (κ2) is 7.01. The summed E-state index contributed by atoms with van der Waals surface area (Å²) in [7, 11) is -3.23. The van der Waals surface area contributed by atoms with Gasteiger partial charge in [-0.1, -0.05) is 29.8 Å². The van der Waals surface area contributed by atoms with E-state index in [2.05, 4.69) is 10.3 Å². The molecule has 3 aromatic rings. The van der Waals surface area contributed by atoms with Gasteiger partial charge in [-0.15, -0.1) is 11.3 Å². The zero-order valence-electron chi connectivity index (χ0n) is 14.6. The normalized spacial score (nSPS) is 11.3. The van der Waals surface area contributed by atoms with E-state index in [1.807, 2.05) is 37.4 Å². The number of anilines is 1. The molecular formula is C19H18N2O3S2. The molecule has 0 aliphatic heterocycles. The number of thiazole rings is 1. The van der Waals surface area contributed by atoms with Crippen LogP contribution in [0.15, 0.2) is 52.7 Å². The molecule has 1 amide bonds. The highest BCUT2D eigenvalue weighted by Gasteiger charge is 2.13. The molecule has 1 aromatic heterocycles. The van der Waals surface area contributed by atoms with Crippen LogP contribution in [0.2, 0.25) is 0 Å². The minimum atomic E-state index is -3.23. The maximum atomic E-state index is 12.5. The molecule has 0 bridgehead atoms. The van der Waals surface area contributed by atoms with E-state index in [1.54, 1.807) is 24.3 Å². The molecule has 5 nitrogen and oxygen atoms in total. The second-order valence-corrected chi connectivity index (χ2v) is 8.98. The lowest BCUT2D eigenvalue weighted by Gasteiger charge is -2.06. The Morgan fingerprint density at radius 2 is 1.77 bits per heavy atom. The van der Waals surface area contributed by atoms with E-state index >= 15 is 0 Å². The summed E-state index contributed by atoms with van der Waals surface area (Å²) in [4.78, 5) is 17.2. The molecule has 0 unspecified atom stereocenters. The topological polar surface area (TPSA) is 76.1 Å². The van der Waals surface area contributed by atoms with E-state index < -0.39 is 9.84 Å². The molecule has 0 saturated carbocycles. The molecule has 3 rings (SSSR count). The fraction of sp³-hybridized carbons (Fsp3) is 0.158. The van der Waals surface area contributed by atoms with Crippen LogP contribution in [0.5, 0.6) is 0 Å². The van der Waals surface area contributed by atoms with Crippen LogP contribution in [-0.2, 0) is 9.84 Å². The number of hydrogen-bond acceptors (Lipinski definition) is 5. The molecule has 134 valence electrons. The SMILES string of the molecule is Cc1ccc(C)c(C(=O)Nc2nc(-c3ccc(S(C)(=O)=O)cc3)cs2)c1. The molecule has 0 aliphatic carbocycles. The van der Waals surface area contributed by atoms with Gasteiger partial charge in [-0.25, -0.2) is 13.4 Å². The van der Waals surface area contributed by atoms with Crippen LogP contribution < -0.4 is 5.32 Å². The molecule has 0 saturated heterocycles. The van der Waals surface area contributed by atoms with Crippen LogP contribution in [0.25, 0.3) is 11.3 Å². The fourth-order valence-electron chi connectivity index (χ4n) is 2.48. The Morgan fingerprint density at radius 3 is 2.42 bits per heavy atom. The van der Waals surface area contributed by atoms with Crippen molar-refractivity contribution in [3.63, 3.8) is 0 Å². The first kappa shape index (κ1) is 18.3. The first-order chi connectivity index (χ1) is 12.2. The van der Waals surface area contributed by atoms with Gasteiger partial charge in [-0.05, 0) is 37.6 Å². The Bertz CT molecular complexity index is 1070. The minimum absolute atomic E-state index is 0.195. The summed E-state index contributed by atoms with van der Waals surface area (Å²) in [5, 5.41) is 5.15. The maximum Gasteiger partial charge on any atom is 0.257 e. The van der Waals surface area contributed by atoms with Crippen molar-refractivity contribution in [2.75, 3.05) is 11.6 Å². The van der Waals surface area contributed by atoms with Crippen LogP contribution >= 0.6 is 11.3 Å². The number of carbonyl (C=O) groups excluding carboxylic acids is 1. The molecule has 0 radical (unpaired) electrons. The van der Waals surface area contributed by atoms with E-state index in [1.165, 1.54) is 17.6 Å². The van der Waals surface area contributed by atoms with Gasteiger partial charge in [0.05, 0.1) is 10.6 Å². The van der Waals surface area contributed by atoms with Crippen LogP contribution in [0, 0.1) is 13.8 Å². The monoisotopic (exact) mass is 386 g/mol. The third kappa shape index (κ3) is 4.00. The summed E-state index contributed by atoms with van der Waals surface area (Å²) in [6.07, 6.45) is 1.17. The van der Waals surface area contributed by atoms with E-state index in [0.29, 0.717) is 16.4 Å². The first-order valence-electron chi connectivity index (χ1n) is 7.88. The lowest BCUT2D eigenvalue weighted by Crippen LogP contribution is -2.13. The highest BCUT2D eigenvalue weighted by Crippen LogP contribution is 2.26. The van der Waals surface area contributed by atoms with Gasteiger partial charge >= 0.3 is 0 Å². The average molecular weight is 386 g/mol. The van der Waals surface area contributed by atoms with Crippen molar-refractivity contribution < 1.29 is 13.2 Å². The summed E-state index contributed by atoms with van der Waals surface area (Å²) in [6, 6.07) is 12.3. The van der Waals surface area contributed by atoms with E-state index in [-0.39, 0.29) is 10.8 Å². The molecule has 26 heavy (non-hydrogen) atoms. The summed E-state index contributed by atoms with van der Waals surface area (Å²) < 4.78 is 23.1. The van der Waals surface area contributed by atoms with E-state index in [9.17, 15) is 13.2 Å². The fourth-order valence-corrected chi connectivity index (χ4v) is 3.83. The number of carbonyl (C=O) groups is 1. The van der Waals surface area contributed by atoms with Gasteiger partial charge in [-0.3, -0.25) is 10.1 Å². The summed E-state index contributed by atoms with van der Waals surface area (Å²) >= 11 is 1.33. The van der Waals surface area contributed by atoms with Gasteiger partial charge < -0.3 is 0 Å². The standard InChI is InChI=1S/C19H18N2O3S2/c1-12-4-5-13(2)16(10-12)18(22)21-19-20-17(11-25-19)14-6-8-15(9-7-14)26(3,23)24/h4-11H,1-3H3,(H,20,21,22). The largest absolute Gasteiger partial charge is 0.298 e. The van der Waals surface area contributed by atoms with Crippen LogP contribution in [0.4, 0.5) is 5.13 Å². The summed E-state index contributed by atoms with van der Waals surface area (Å²) in [5.41, 5.74) is 4.03. The Labute approximate surface area is 156 Å². The van der Waals surface area contributed by atoms with E-state index in [0.717, 1.165) is 16.7 Å². The molecule has 0 atom stereocenters. The van der Waals surface area contributed by atoms with Crippen LogP contribution in [0.1, 0.15) is 21.5 Å².